The normalized spacial score (nSPS) is 19.6. The van der Waals surface area contributed by atoms with Crippen LogP contribution in [0.5, 0.6) is 0 Å². The Labute approximate surface area is 114 Å². The van der Waals surface area contributed by atoms with Gasteiger partial charge in [-0.15, -0.1) is 0 Å². The SMILES string of the molecule is CC(C)C1=[C]([W][C]2=C(C(C)C)C=CC2)CC=C1. The van der Waals surface area contributed by atoms with Crippen molar-refractivity contribution >= 4 is 0 Å². The van der Waals surface area contributed by atoms with Crippen LogP contribution in [0.25, 0.3) is 0 Å². The third-order valence-corrected chi connectivity index (χ3v) is 8.00. The third-order valence-electron chi connectivity index (χ3n) is 3.34. The summed E-state index contributed by atoms with van der Waals surface area (Å²) in [6, 6.07) is 0. The van der Waals surface area contributed by atoms with Gasteiger partial charge in [-0.05, 0) is 0 Å². The number of rotatable bonds is 4. The van der Waals surface area contributed by atoms with Crippen molar-refractivity contribution in [3.05, 3.63) is 43.4 Å². The molecule has 2 aliphatic carbocycles. The van der Waals surface area contributed by atoms with E-state index in [2.05, 4.69) is 52.0 Å². The van der Waals surface area contributed by atoms with Crippen LogP contribution in [-0.4, -0.2) is 0 Å². The Kier molecular flexibility index (Phi) is 4.26. The Bertz CT molecular complexity index is 377. The Morgan fingerprint density at radius 1 is 0.824 bits per heavy atom. The molecule has 0 atom stereocenters. The topological polar surface area (TPSA) is 0 Å². The average molecular weight is 398 g/mol. The van der Waals surface area contributed by atoms with E-state index >= 15 is 0 Å². The van der Waals surface area contributed by atoms with Gasteiger partial charge in [-0.25, -0.2) is 0 Å². The van der Waals surface area contributed by atoms with Crippen molar-refractivity contribution in [2.24, 2.45) is 11.8 Å². The summed E-state index contributed by atoms with van der Waals surface area (Å²) in [5.41, 5.74) is 3.30. The first-order chi connectivity index (χ1) is 8.09. The standard InChI is InChI=1S/2C8H11.W/c2*1-7(2)8-5-3-4-6-8;/h2*3,5,7H,4H2,1-2H3;. The number of hydrogen-bond donors (Lipinski definition) is 0. The third kappa shape index (κ3) is 2.91. The van der Waals surface area contributed by atoms with E-state index in [-0.39, 0.29) is 0 Å². The van der Waals surface area contributed by atoms with Crippen LogP contribution >= 0.6 is 0 Å². The van der Waals surface area contributed by atoms with Gasteiger partial charge < -0.3 is 0 Å². The van der Waals surface area contributed by atoms with Gasteiger partial charge in [0.05, 0.1) is 0 Å². The molecular formula is C16H22W. The van der Waals surface area contributed by atoms with Crippen LogP contribution in [0.4, 0.5) is 0 Å². The molecule has 0 nitrogen and oxygen atoms in total. The predicted molar refractivity (Wildman–Crippen MR) is 71.2 cm³/mol. The Hall–Kier alpha value is -0.352. The molecule has 0 aromatic carbocycles. The first-order valence-electron chi connectivity index (χ1n) is 6.56. The van der Waals surface area contributed by atoms with E-state index in [4.69, 9.17) is 0 Å². The summed E-state index contributed by atoms with van der Waals surface area (Å²) in [6.07, 6.45) is 12.0. The molecular weight excluding hydrogens is 376 g/mol. The second kappa shape index (κ2) is 5.53. The predicted octanol–water partition coefficient (Wildman–Crippen LogP) is 4.81. The summed E-state index contributed by atoms with van der Waals surface area (Å²) in [7, 11) is 0. The molecule has 0 aromatic rings. The second-order valence-electron chi connectivity index (χ2n) is 5.38. The van der Waals surface area contributed by atoms with Gasteiger partial charge in [-0.2, -0.15) is 0 Å². The fourth-order valence-corrected chi connectivity index (χ4v) is 7.77. The summed E-state index contributed by atoms with van der Waals surface area (Å²) in [5, 5.41) is 0. The Morgan fingerprint density at radius 2 is 1.24 bits per heavy atom. The van der Waals surface area contributed by atoms with Crippen LogP contribution in [0.1, 0.15) is 40.5 Å². The molecule has 17 heavy (non-hydrogen) atoms. The zero-order valence-corrected chi connectivity index (χ0v) is 14.2. The number of hydrogen-bond acceptors (Lipinski definition) is 0. The van der Waals surface area contributed by atoms with E-state index in [0.29, 0.717) is 11.8 Å². The molecule has 0 heterocycles. The Morgan fingerprint density at radius 3 is 1.59 bits per heavy atom. The van der Waals surface area contributed by atoms with Crippen molar-refractivity contribution in [3.63, 3.8) is 0 Å². The van der Waals surface area contributed by atoms with Crippen LogP contribution in [0.15, 0.2) is 43.4 Å². The molecule has 0 saturated heterocycles. The van der Waals surface area contributed by atoms with Gasteiger partial charge in [0.2, 0.25) is 0 Å². The van der Waals surface area contributed by atoms with E-state index in [1.807, 2.05) is 7.93 Å². The summed E-state index contributed by atoms with van der Waals surface area (Å²) < 4.78 is 3.63. The van der Waals surface area contributed by atoms with Gasteiger partial charge in [0.15, 0.2) is 0 Å². The molecule has 92 valence electrons. The first-order valence-corrected chi connectivity index (χ1v) is 9.50. The van der Waals surface area contributed by atoms with Crippen molar-refractivity contribution in [1.29, 1.82) is 0 Å². The van der Waals surface area contributed by atoms with E-state index in [1.54, 1.807) is 11.1 Å². The molecule has 2 aliphatic rings. The van der Waals surface area contributed by atoms with E-state index in [0.717, 1.165) is 0 Å². The summed E-state index contributed by atoms with van der Waals surface area (Å²) in [5.74, 6) is 1.42. The zero-order chi connectivity index (χ0) is 12.4. The van der Waals surface area contributed by atoms with Crippen LogP contribution in [0.2, 0.25) is 0 Å². The fraction of sp³-hybridized carbons (Fsp3) is 0.500. The van der Waals surface area contributed by atoms with Gasteiger partial charge in [0.1, 0.15) is 0 Å². The van der Waals surface area contributed by atoms with Gasteiger partial charge in [0, 0.05) is 0 Å². The van der Waals surface area contributed by atoms with E-state index < -0.39 is 18.6 Å². The molecule has 0 aromatic heterocycles. The zero-order valence-electron chi connectivity index (χ0n) is 11.3. The molecule has 0 unspecified atom stereocenters. The molecule has 0 radical (unpaired) electrons. The van der Waals surface area contributed by atoms with Crippen molar-refractivity contribution in [2.75, 3.05) is 0 Å². The quantitative estimate of drug-likeness (QED) is 0.638. The van der Waals surface area contributed by atoms with Crippen molar-refractivity contribution in [3.8, 4) is 0 Å². The molecule has 0 bridgehead atoms. The van der Waals surface area contributed by atoms with Crippen LogP contribution in [0.3, 0.4) is 0 Å². The molecule has 0 fully saturated rings. The molecule has 0 aliphatic heterocycles. The maximum absolute atomic E-state index is 2.37. The molecule has 2 rings (SSSR count). The monoisotopic (exact) mass is 398 g/mol. The van der Waals surface area contributed by atoms with E-state index in [1.165, 1.54) is 12.8 Å². The van der Waals surface area contributed by atoms with Gasteiger partial charge in [-0.3, -0.25) is 0 Å². The average Bonchev–Trinajstić information content (AvgIpc) is 2.86. The molecule has 0 N–H and O–H groups in total. The summed E-state index contributed by atoms with van der Waals surface area (Å²) >= 11 is -0.458. The molecule has 0 amide bonds. The number of allylic oxidation sites excluding steroid dienone is 8. The van der Waals surface area contributed by atoms with Crippen LogP contribution < -0.4 is 0 Å². The summed E-state index contributed by atoms with van der Waals surface area (Å²) in [4.78, 5) is 0. The van der Waals surface area contributed by atoms with Gasteiger partial charge >= 0.3 is 114 Å². The van der Waals surface area contributed by atoms with Gasteiger partial charge in [0.25, 0.3) is 0 Å². The van der Waals surface area contributed by atoms with Crippen molar-refractivity contribution in [2.45, 2.75) is 40.5 Å². The minimum absolute atomic E-state index is 0.458. The molecule has 1 heteroatoms. The first kappa shape index (κ1) is 13.1. The minimum atomic E-state index is -0.458. The molecule has 0 saturated carbocycles. The molecule has 0 spiro atoms. The van der Waals surface area contributed by atoms with Crippen LogP contribution in [-0.2, 0) is 18.6 Å². The van der Waals surface area contributed by atoms with Crippen LogP contribution in [0, 0.1) is 11.8 Å². The van der Waals surface area contributed by atoms with Crippen molar-refractivity contribution in [1.82, 2.24) is 0 Å². The van der Waals surface area contributed by atoms with Crippen molar-refractivity contribution < 1.29 is 18.6 Å². The maximum atomic E-state index is 2.37. The fourth-order valence-electron chi connectivity index (χ4n) is 2.39. The Balaban J connectivity index is 2.18. The van der Waals surface area contributed by atoms with Gasteiger partial charge in [-0.1, -0.05) is 0 Å². The van der Waals surface area contributed by atoms with E-state index in [9.17, 15) is 0 Å². The summed E-state index contributed by atoms with van der Waals surface area (Å²) in [6.45, 7) is 9.31. The second-order valence-corrected chi connectivity index (χ2v) is 9.66.